The number of aryl methyl sites for hydroxylation is 1. The number of pyridine rings is 1. The van der Waals surface area contributed by atoms with Gasteiger partial charge in [-0.2, -0.15) is 0 Å². The van der Waals surface area contributed by atoms with Crippen molar-refractivity contribution in [2.24, 2.45) is 0 Å². The first kappa shape index (κ1) is 11.9. The van der Waals surface area contributed by atoms with E-state index < -0.39 is 0 Å². The molecule has 0 aliphatic carbocycles. The normalized spacial score (nSPS) is 11.1. The molecule has 0 unspecified atom stereocenters. The summed E-state index contributed by atoms with van der Waals surface area (Å²) in [4.78, 5) is 4.35. The lowest BCUT2D eigenvalue weighted by atomic mass is 10.1. The molecule has 0 amide bonds. The predicted octanol–water partition coefficient (Wildman–Crippen LogP) is 1.63. The van der Waals surface area contributed by atoms with E-state index in [0.717, 1.165) is 18.4 Å². The van der Waals surface area contributed by atoms with Crippen LogP contribution in [0.2, 0.25) is 6.04 Å². The Bertz CT molecular complexity index is 459. The van der Waals surface area contributed by atoms with Crippen molar-refractivity contribution in [2.75, 3.05) is 0 Å². The van der Waals surface area contributed by atoms with Gasteiger partial charge in [-0.1, -0.05) is 36.7 Å². The Balaban J connectivity index is 1.76. The summed E-state index contributed by atoms with van der Waals surface area (Å²) in [5.41, 5.74) is 1.06. The Morgan fingerprint density at radius 1 is 1.06 bits per heavy atom. The molecule has 0 aliphatic rings. The second-order valence-electron chi connectivity index (χ2n) is 4.16. The number of hydrogen-bond acceptors (Lipinski definition) is 2. The van der Waals surface area contributed by atoms with Gasteiger partial charge in [0.15, 0.2) is 0 Å². The average molecular weight is 243 g/mol. The summed E-state index contributed by atoms with van der Waals surface area (Å²) in [5.74, 6) is 0.423. The van der Waals surface area contributed by atoms with Gasteiger partial charge in [-0.3, -0.25) is 4.98 Å². The number of phenolic OH excluding ortho intramolecular Hbond substituents is 1. The summed E-state index contributed by atoms with van der Waals surface area (Å²) in [6, 6.07) is 15.0. The van der Waals surface area contributed by atoms with Gasteiger partial charge in [0.05, 0.1) is 9.52 Å². The molecule has 17 heavy (non-hydrogen) atoms. The summed E-state index contributed by atoms with van der Waals surface area (Å²) < 4.78 is 0. The molecular formula is C14H17NOSi. The Morgan fingerprint density at radius 2 is 1.88 bits per heavy atom. The zero-order chi connectivity index (χ0) is 11.9. The van der Waals surface area contributed by atoms with Crippen molar-refractivity contribution in [3.63, 3.8) is 0 Å². The summed E-state index contributed by atoms with van der Waals surface area (Å²) >= 11 is 0. The highest BCUT2D eigenvalue weighted by Gasteiger charge is 2.00. The lowest BCUT2D eigenvalue weighted by Crippen LogP contribution is -2.16. The molecular weight excluding hydrogens is 226 g/mol. The first-order chi connectivity index (χ1) is 8.36. The molecule has 2 nitrogen and oxygen atoms in total. The summed E-state index contributed by atoms with van der Waals surface area (Å²) in [6.07, 6.45) is 3.97. The zero-order valence-electron chi connectivity index (χ0n) is 9.84. The topological polar surface area (TPSA) is 33.1 Å². The van der Waals surface area contributed by atoms with Crippen LogP contribution in [0.3, 0.4) is 0 Å². The predicted molar refractivity (Wildman–Crippen MR) is 73.6 cm³/mol. The van der Waals surface area contributed by atoms with Crippen LogP contribution in [0.25, 0.3) is 0 Å². The number of aromatic hydroxyl groups is 1. The van der Waals surface area contributed by atoms with Crippen LogP contribution in [0, 0.1) is 0 Å². The molecule has 88 valence electrons. The molecule has 0 saturated heterocycles. The molecule has 1 N–H and O–H groups in total. The molecule has 1 aromatic carbocycles. The van der Waals surface area contributed by atoms with E-state index in [1.165, 1.54) is 11.4 Å². The number of aromatic nitrogens is 1. The molecule has 0 aliphatic heterocycles. The third-order valence-corrected chi connectivity index (χ3v) is 4.63. The molecule has 0 bridgehead atoms. The van der Waals surface area contributed by atoms with Crippen LogP contribution >= 0.6 is 0 Å². The summed E-state index contributed by atoms with van der Waals surface area (Å²) in [7, 11) is -0.232. The van der Waals surface area contributed by atoms with E-state index >= 15 is 0 Å². The van der Waals surface area contributed by atoms with Crippen LogP contribution in [0.4, 0.5) is 0 Å². The van der Waals surface area contributed by atoms with Gasteiger partial charge in [0.1, 0.15) is 5.75 Å². The molecule has 0 radical (unpaired) electrons. The van der Waals surface area contributed by atoms with E-state index in [2.05, 4.69) is 17.1 Å². The van der Waals surface area contributed by atoms with Gasteiger partial charge >= 0.3 is 0 Å². The highest BCUT2D eigenvalue weighted by molar-refractivity contribution is 6.52. The van der Waals surface area contributed by atoms with Crippen LogP contribution in [-0.4, -0.2) is 19.6 Å². The maximum Gasteiger partial charge on any atom is 0.118 e. The third kappa shape index (κ3) is 3.71. The molecule has 1 heterocycles. The average Bonchev–Trinajstić information content (AvgIpc) is 2.38. The van der Waals surface area contributed by atoms with Gasteiger partial charge in [0.25, 0.3) is 0 Å². The van der Waals surface area contributed by atoms with Crippen molar-refractivity contribution in [3.05, 3.63) is 54.2 Å². The standard InChI is InChI=1S/C14H17NOSi/c16-13-8-2-1-6-12(13)7-5-11-17-14-9-3-4-10-15-14/h1-4,6,8-10,16H,5,7,11,17H2. The molecule has 3 heteroatoms. The van der Waals surface area contributed by atoms with E-state index in [4.69, 9.17) is 0 Å². The number of nitrogens with zero attached hydrogens (tertiary/aromatic N) is 1. The highest BCUT2D eigenvalue weighted by atomic mass is 28.2. The van der Waals surface area contributed by atoms with E-state index in [-0.39, 0.29) is 9.52 Å². The molecule has 2 rings (SSSR count). The first-order valence-corrected chi connectivity index (χ1v) is 7.74. The van der Waals surface area contributed by atoms with E-state index in [1.54, 1.807) is 6.07 Å². The van der Waals surface area contributed by atoms with Crippen molar-refractivity contribution in [2.45, 2.75) is 18.9 Å². The monoisotopic (exact) mass is 243 g/mol. The minimum atomic E-state index is -0.232. The van der Waals surface area contributed by atoms with E-state index in [1.807, 2.05) is 30.5 Å². The number of rotatable bonds is 5. The number of para-hydroxylation sites is 1. The Morgan fingerprint density at radius 3 is 2.65 bits per heavy atom. The van der Waals surface area contributed by atoms with Crippen LogP contribution in [0.1, 0.15) is 12.0 Å². The Labute approximate surface area is 104 Å². The molecule has 0 atom stereocenters. The van der Waals surface area contributed by atoms with Crippen LogP contribution < -0.4 is 5.32 Å². The van der Waals surface area contributed by atoms with Gasteiger partial charge in [-0.05, 0) is 30.2 Å². The van der Waals surface area contributed by atoms with Crippen molar-refractivity contribution < 1.29 is 5.11 Å². The fraction of sp³-hybridized carbons (Fsp3) is 0.214. The minimum Gasteiger partial charge on any atom is -0.508 e. The van der Waals surface area contributed by atoms with Crippen molar-refractivity contribution in [3.8, 4) is 5.75 Å². The summed E-state index contributed by atoms with van der Waals surface area (Å²) in [6.45, 7) is 0. The minimum absolute atomic E-state index is 0.232. The van der Waals surface area contributed by atoms with Crippen LogP contribution in [0.15, 0.2) is 48.7 Å². The highest BCUT2D eigenvalue weighted by Crippen LogP contribution is 2.17. The van der Waals surface area contributed by atoms with Crippen molar-refractivity contribution in [1.82, 2.24) is 4.98 Å². The quantitative estimate of drug-likeness (QED) is 0.639. The third-order valence-electron chi connectivity index (χ3n) is 2.85. The van der Waals surface area contributed by atoms with Gasteiger partial charge in [0.2, 0.25) is 0 Å². The second-order valence-corrected chi connectivity index (χ2v) is 6.09. The maximum absolute atomic E-state index is 9.63. The van der Waals surface area contributed by atoms with Gasteiger partial charge in [-0.15, -0.1) is 0 Å². The number of benzene rings is 1. The lowest BCUT2D eigenvalue weighted by molar-refractivity contribution is 0.467. The number of hydrogen-bond donors (Lipinski definition) is 1. The molecule has 0 spiro atoms. The van der Waals surface area contributed by atoms with Crippen LogP contribution in [0.5, 0.6) is 5.75 Å². The SMILES string of the molecule is Oc1ccccc1CCC[SiH2]c1ccccn1. The first-order valence-electron chi connectivity index (χ1n) is 6.03. The van der Waals surface area contributed by atoms with Gasteiger partial charge < -0.3 is 5.11 Å². The van der Waals surface area contributed by atoms with Crippen molar-refractivity contribution in [1.29, 1.82) is 0 Å². The Kier molecular flexibility index (Phi) is 4.33. The van der Waals surface area contributed by atoms with Gasteiger partial charge in [-0.25, -0.2) is 0 Å². The molecule has 1 aromatic heterocycles. The maximum atomic E-state index is 9.63. The van der Waals surface area contributed by atoms with Gasteiger partial charge in [0, 0.05) is 11.5 Å². The second kappa shape index (κ2) is 6.20. The fourth-order valence-electron chi connectivity index (χ4n) is 1.89. The number of phenols is 1. The molecule has 2 aromatic rings. The lowest BCUT2D eigenvalue weighted by Gasteiger charge is -2.03. The summed E-state index contributed by atoms with van der Waals surface area (Å²) in [5, 5.41) is 10.9. The van der Waals surface area contributed by atoms with Crippen LogP contribution in [-0.2, 0) is 6.42 Å². The van der Waals surface area contributed by atoms with E-state index in [9.17, 15) is 5.11 Å². The smallest absolute Gasteiger partial charge is 0.118 e. The largest absolute Gasteiger partial charge is 0.508 e. The zero-order valence-corrected chi connectivity index (χ0v) is 11.3. The molecule has 0 fully saturated rings. The molecule has 0 saturated carbocycles. The fourth-order valence-corrected chi connectivity index (χ4v) is 3.29. The van der Waals surface area contributed by atoms with Crippen molar-refractivity contribution >= 4 is 14.8 Å². The van der Waals surface area contributed by atoms with E-state index in [0.29, 0.717) is 5.75 Å². The Hall–Kier alpha value is -1.61.